The Balaban J connectivity index is 1.80. The molecule has 0 aliphatic carbocycles. The lowest BCUT2D eigenvalue weighted by Crippen LogP contribution is -2.23. The summed E-state index contributed by atoms with van der Waals surface area (Å²) in [7, 11) is -3.68. The maximum absolute atomic E-state index is 12.4. The van der Waals surface area contributed by atoms with Crippen LogP contribution in [0.15, 0.2) is 57.9 Å². The Bertz CT molecular complexity index is 820. The van der Waals surface area contributed by atoms with Gasteiger partial charge in [-0.05, 0) is 48.5 Å². The largest absolute Gasteiger partial charge is 0.447 e. The number of rotatable bonds is 4. The van der Waals surface area contributed by atoms with Crippen molar-refractivity contribution >= 4 is 43.4 Å². The zero-order valence-corrected chi connectivity index (χ0v) is 14.3. The molecule has 1 saturated heterocycles. The van der Waals surface area contributed by atoms with Crippen molar-refractivity contribution < 1.29 is 17.9 Å². The minimum Gasteiger partial charge on any atom is -0.447 e. The van der Waals surface area contributed by atoms with Crippen molar-refractivity contribution in [2.45, 2.75) is 4.90 Å². The van der Waals surface area contributed by atoms with Gasteiger partial charge in [0.25, 0.3) is 10.0 Å². The fourth-order valence-corrected chi connectivity index (χ4v) is 3.49. The van der Waals surface area contributed by atoms with Gasteiger partial charge in [0.2, 0.25) is 0 Å². The number of hydrogen-bond donors (Lipinski definition) is 1. The highest BCUT2D eigenvalue weighted by atomic mass is 79.9. The molecule has 23 heavy (non-hydrogen) atoms. The maximum atomic E-state index is 12.4. The number of carbonyl (C=O) groups excluding carboxylic acids is 1. The third-order valence-electron chi connectivity index (χ3n) is 3.32. The van der Waals surface area contributed by atoms with Gasteiger partial charge in [0, 0.05) is 15.8 Å². The van der Waals surface area contributed by atoms with Gasteiger partial charge in [-0.25, -0.2) is 13.2 Å². The fraction of sp³-hybridized carbons (Fsp3) is 0.133. The van der Waals surface area contributed by atoms with Gasteiger partial charge >= 0.3 is 6.09 Å². The molecule has 1 fully saturated rings. The van der Waals surface area contributed by atoms with E-state index in [1.165, 1.54) is 17.0 Å². The first kappa shape index (κ1) is 15.8. The second-order valence-electron chi connectivity index (χ2n) is 4.87. The van der Waals surface area contributed by atoms with E-state index in [4.69, 9.17) is 4.74 Å². The van der Waals surface area contributed by atoms with E-state index >= 15 is 0 Å². The predicted molar refractivity (Wildman–Crippen MR) is 90.1 cm³/mol. The third-order valence-corrected chi connectivity index (χ3v) is 5.24. The molecule has 0 saturated carbocycles. The summed E-state index contributed by atoms with van der Waals surface area (Å²) >= 11 is 3.30. The zero-order chi connectivity index (χ0) is 16.4. The normalized spacial score (nSPS) is 14.7. The summed E-state index contributed by atoms with van der Waals surface area (Å²) in [5.74, 6) is 0. The van der Waals surface area contributed by atoms with E-state index < -0.39 is 16.1 Å². The van der Waals surface area contributed by atoms with Crippen LogP contribution in [0.1, 0.15) is 0 Å². The standard InChI is InChI=1S/C15H13BrN2O4S/c16-11-1-3-12(4-2-11)17-23(20,21)14-7-5-13(6-8-14)18-9-10-22-15(18)19/h1-8,17H,9-10H2. The molecular formula is C15H13BrN2O4S. The van der Waals surface area contributed by atoms with E-state index in [9.17, 15) is 13.2 Å². The Kier molecular flexibility index (Phi) is 4.27. The number of halogens is 1. The number of cyclic esters (lactones) is 1. The molecule has 2 aromatic rings. The van der Waals surface area contributed by atoms with Crippen LogP contribution in [0, 0.1) is 0 Å². The summed E-state index contributed by atoms with van der Waals surface area (Å²) in [5.41, 5.74) is 1.08. The first-order valence-electron chi connectivity index (χ1n) is 6.78. The molecule has 1 heterocycles. The van der Waals surface area contributed by atoms with Gasteiger partial charge in [-0.15, -0.1) is 0 Å². The number of benzene rings is 2. The summed E-state index contributed by atoms with van der Waals surface area (Å²) in [6.07, 6.45) is -0.423. The lowest BCUT2D eigenvalue weighted by atomic mass is 10.3. The molecule has 1 aliphatic rings. The van der Waals surface area contributed by atoms with Crippen LogP contribution in [0.25, 0.3) is 0 Å². The average molecular weight is 397 g/mol. The Morgan fingerprint density at radius 3 is 2.26 bits per heavy atom. The number of amides is 1. The number of ether oxygens (including phenoxy) is 1. The first-order valence-corrected chi connectivity index (χ1v) is 9.06. The van der Waals surface area contributed by atoms with Crippen molar-refractivity contribution in [1.82, 2.24) is 0 Å². The van der Waals surface area contributed by atoms with Gasteiger partial charge < -0.3 is 4.74 Å². The van der Waals surface area contributed by atoms with Gasteiger partial charge in [0.05, 0.1) is 11.4 Å². The molecule has 6 nitrogen and oxygen atoms in total. The van der Waals surface area contributed by atoms with Crippen molar-refractivity contribution in [2.75, 3.05) is 22.8 Å². The molecule has 1 aliphatic heterocycles. The molecule has 0 radical (unpaired) electrons. The maximum Gasteiger partial charge on any atom is 0.414 e. The summed E-state index contributed by atoms with van der Waals surface area (Å²) in [5, 5.41) is 0. The van der Waals surface area contributed by atoms with E-state index in [2.05, 4.69) is 20.7 Å². The van der Waals surface area contributed by atoms with E-state index in [1.54, 1.807) is 36.4 Å². The molecule has 0 aromatic heterocycles. The van der Waals surface area contributed by atoms with Crippen LogP contribution >= 0.6 is 15.9 Å². The van der Waals surface area contributed by atoms with E-state index in [0.717, 1.165) is 4.47 Å². The van der Waals surface area contributed by atoms with Crippen LogP contribution < -0.4 is 9.62 Å². The number of hydrogen-bond acceptors (Lipinski definition) is 4. The number of sulfonamides is 1. The van der Waals surface area contributed by atoms with Crippen LogP contribution in [-0.2, 0) is 14.8 Å². The third kappa shape index (κ3) is 3.48. The Hall–Kier alpha value is -2.06. The molecule has 120 valence electrons. The molecule has 0 bridgehead atoms. The van der Waals surface area contributed by atoms with Crippen LogP contribution in [-0.4, -0.2) is 27.7 Å². The van der Waals surface area contributed by atoms with Crippen LogP contribution in [0.4, 0.5) is 16.2 Å². The minimum absolute atomic E-state index is 0.122. The highest BCUT2D eigenvalue weighted by molar-refractivity contribution is 9.10. The highest BCUT2D eigenvalue weighted by Crippen LogP contribution is 2.23. The first-order chi connectivity index (χ1) is 11.0. The van der Waals surface area contributed by atoms with Crippen LogP contribution in [0.2, 0.25) is 0 Å². The van der Waals surface area contributed by atoms with E-state index in [0.29, 0.717) is 24.5 Å². The fourth-order valence-electron chi connectivity index (χ4n) is 2.17. The minimum atomic E-state index is -3.68. The molecule has 0 spiro atoms. The Morgan fingerprint density at radius 2 is 1.70 bits per heavy atom. The topological polar surface area (TPSA) is 75.7 Å². The van der Waals surface area contributed by atoms with Gasteiger partial charge in [-0.1, -0.05) is 15.9 Å². The summed E-state index contributed by atoms with van der Waals surface area (Å²) < 4.78 is 32.9. The van der Waals surface area contributed by atoms with Crippen LogP contribution in [0.3, 0.4) is 0 Å². The molecule has 8 heteroatoms. The summed E-state index contributed by atoms with van der Waals surface area (Å²) in [4.78, 5) is 13.1. The lowest BCUT2D eigenvalue weighted by Gasteiger charge is -2.13. The summed E-state index contributed by atoms with van der Waals surface area (Å²) in [6.45, 7) is 0.798. The van der Waals surface area contributed by atoms with Gasteiger partial charge in [-0.3, -0.25) is 9.62 Å². The van der Waals surface area contributed by atoms with Crippen molar-refractivity contribution in [3.8, 4) is 0 Å². The molecule has 1 N–H and O–H groups in total. The quantitative estimate of drug-likeness (QED) is 0.860. The smallest absolute Gasteiger partial charge is 0.414 e. The van der Waals surface area contributed by atoms with Gasteiger partial charge in [0.1, 0.15) is 6.61 Å². The molecule has 3 rings (SSSR count). The zero-order valence-electron chi connectivity index (χ0n) is 11.9. The molecular weight excluding hydrogens is 384 g/mol. The van der Waals surface area contributed by atoms with Crippen LogP contribution in [0.5, 0.6) is 0 Å². The average Bonchev–Trinajstić information content (AvgIpc) is 2.96. The van der Waals surface area contributed by atoms with Crippen molar-refractivity contribution in [3.05, 3.63) is 53.0 Å². The Labute approximate surface area is 142 Å². The number of nitrogens with one attached hydrogen (secondary N) is 1. The summed E-state index contributed by atoms with van der Waals surface area (Å²) in [6, 6.07) is 12.9. The lowest BCUT2D eigenvalue weighted by molar-refractivity contribution is 0.181. The molecule has 0 unspecified atom stereocenters. The SMILES string of the molecule is O=C1OCCN1c1ccc(S(=O)(=O)Nc2ccc(Br)cc2)cc1. The molecule has 2 aromatic carbocycles. The monoisotopic (exact) mass is 396 g/mol. The number of carbonyl (C=O) groups is 1. The van der Waals surface area contributed by atoms with E-state index in [-0.39, 0.29) is 4.90 Å². The van der Waals surface area contributed by atoms with E-state index in [1.807, 2.05) is 0 Å². The second kappa shape index (κ2) is 6.21. The van der Waals surface area contributed by atoms with Gasteiger partial charge in [-0.2, -0.15) is 0 Å². The highest BCUT2D eigenvalue weighted by Gasteiger charge is 2.24. The second-order valence-corrected chi connectivity index (χ2v) is 7.47. The predicted octanol–water partition coefficient (Wildman–Crippen LogP) is 3.21. The molecule has 1 amide bonds. The number of nitrogens with zero attached hydrogens (tertiary/aromatic N) is 1. The molecule has 0 atom stereocenters. The van der Waals surface area contributed by atoms with Crippen molar-refractivity contribution in [2.24, 2.45) is 0 Å². The van der Waals surface area contributed by atoms with Crippen molar-refractivity contribution in [1.29, 1.82) is 0 Å². The Morgan fingerprint density at radius 1 is 1.04 bits per heavy atom. The number of anilines is 2. The van der Waals surface area contributed by atoms with Crippen molar-refractivity contribution in [3.63, 3.8) is 0 Å². The van der Waals surface area contributed by atoms with Gasteiger partial charge in [0.15, 0.2) is 0 Å².